The average Bonchev–Trinajstić information content (AvgIpc) is 2.71. The Balaban J connectivity index is 3.54. The molecule has 0 spiro atoms. The second kappa shape index (κ2) is 10.1. The lowest BCUT2D eigenvalue weighted by Gasteiger charge is -2.41. The lowest BCUT2D eigenvalue weighted by molar-refractivity contribution is -0.175. The van der Waals surface area contributed by atoms with Crippen molar-refractivity contribution in [2.75, 3.05) is 28.4 Å². The van der Waals surface area contributed by atoms with Gasteiger partial charge in [-0.05, 0) is 38.9 Å². The summed E-state index contributed by atoms with van der Waals surface area (Å²) in [5.41, 5.74) is 6.81. The van der Waals surface area contributed by atoms with Gasteiger partial charge >= 0.3 is 25.0 Å². The van der Waals surface area contributed by atoms with Gasteiger partial charge in [-0.2, -0.15) is 4.79 Å². The van der Waals surface area contributed by atoms with E-state index in [4.69, 9.17) is 22.9 Å². The van der Waals surface area contributed by atoms with Gasteiger partial charge in [-0.25, -0.2) is 4.57 Å². The lowest BCUT2D eigenvalue weighted by atomic mass is 9.67. The van der Waals surface area contributed by atoms with Crippen LogP contribution in [0.15, 0.2) is 0 Å². The number of carbonyl (C=O) groups is 3. The number of methoxy groups -OCH3 is 2. The maximum absolute atomic E-state index is 13.3. The summed E-state index contributed by atoms with van der Waals surface area (Å²) in [7, 11) is -2.08. The van der Waals surface area contributed by atoms with Crippen molar-refractivity contribution in [2.24, 2.45) is 11.3 Å². The van der Waals surface area contributed by atoms with Crippen molar-refractivity contribution in [3.05, 3.63) is 5.53 Å². The predicted molar refractivity (Wildman–Crippen MR) is 107 cm³/mol. The summed E-state index contributed by atoms with van der Waals surface area (Å²) >= 11 is 0. The van der Waals surface area contributed by atoms with Crippen LogP contribution in [0.25, 0.3) is 5.53 Å². The van der Waals surface area contributed by atoms with E-state index in [1.165, 1.54) is 0 Å². The molecular formula is C17H29N2O9PSi. The smallest absolute Gasteiger partial charge is 0.446 e. The van der Waals surface area contributed by atoms with E-state index >= 15 is 0 Å². The Labute approximate surface area is 176 Å². The molecule has 2 atom stereocenters. The van der Waals surface area contributed by atoms with Gasteiger partial charge < -0.3 is 28.5 Å². The molecule has 30 heavy (non-hydrogen) atoms. The molecule has 1 fully saturated rings. The standard InChI is InChI=1S/C17H29N2O9PSi/c1-24-15(21)17(16(22)25-2)9-8-12(28-30(5,6)7)11(10-17)13(20)14(19-18)29(23,26-3)27-4/h11-12H,8-10H2,1-7H3/t11-,12+/m0/s1. The molecule has 0 radical (unpaired) electrons. The number of Topliss-reactive ketones (excluding diaryl/α,β-unsaturated/α-hetero) is 1. The number of hydrogen-bond donors (Lipinski definition) is 0. The Morgan fingerprint density at radius 2 is 1.53 bits per heavy atom. The highest BCUT2D eigenvalue weighted by Crippen LogP contribution is 2.50. The van der Waals surface area contributed by atoms with Crippen LogP contribution < -0.4 is 0 Å². The Morgan fingerprint density at radius 1 is 1.03 bits per heavy atom. The third kappa shape index (κ3) is 5.32. The molecule has 1 rings (SSSR count). The molecule has 1 saturated carbocycles. The Hall–Kier alpha value is -1.68. The zero-order chi connectivity index (χ0) is 23.3. The van der Waals surface area contributed by atoms with Crippen molar-refractivity contribution in [2.45, 2.75) is 45.0 Å². The third-order valence-corrected chi connectivity index (χ3v) is 7.72. The van der Waals surface area contributed by atoms with E-state index in [0.29, 0.717) is 0 Å². The largest absolute Gasteiger partial charge is 0.468 e. The fourth-order valence-corrected chi connectivity index (χ4v) is 5.78. The highest BCUT2D eigenvalue weighted by atomic mass is 31.2. The molecule has 0 aromatic carbocycles. The maximum Gasteiger partial charge on any atom is 0.446 e. The second-order valence-corrected chi connectivity index (χ2v) is 14.4. The average molecular weight is 464 g/mol. The second-order valence-electron chi connectivity index (χ2n) is 7.83. The minimum absolute atomic E-state index is 0.0308. The molecule has 0 bridgehead atoms. The van der Waals surface area contributed by atoms with Gasteiger partial charge in [0.15, 0.2) is 13.7 Å². The first kappa shape index (κ1) is 26.4. The van der Waals surface area contributed by atoms with E-state index < -0.39 is 56.5 Å². The fraction of sp³-hybridized carbons (Fsp3) is 0.765. The molecule has 0 aromatic rings. The highest BCUT2D eigenvalue weighted by Gasteiger charge is 2.59. The van der Waals surface area contributed by atoms with Gasteiger partial charge in [0.1, 0.15) is 0 Å². The van der Waals surface area contributed by atoms with E-state index in [1.54, 1.807) is 0 Å². The topological polar surface area (TPSA) is 151 Å². The van der Waals surface area contributed by atoms with Crippen LogP contribution in [0.3, 0.4) is 0 Å². The van der Waals surface area contributed by atoms with Crippen LogP contribution in [0.5, 0.6) is 0 Å². The summed E-state index contributed by atoms with van der Waals surface area (Å²) in [6.45, 7) is 5.73. The lowest BCUT2D eigenvalue weighted by Crippen LogP contribution is -2.53. The van der Waals surface area contributed by atoms with Gasteiger partial charge in [-0.1, -0.05) is 0 Å². The van der Waals surface area contributed by atoms with Gasteiger partial charge in [0, 0.05) is 14.2 Å². The van der Waals surface area contributed by atoms with Crippen LogP contribution in [0.4, 0.5) is 0 Å². The van der Waals surface area contributed by atoms with Crippen LogP contribution in [-0.4, -0.2) is 70.8 Å². The zero-order valence-electron chi connectivity index (χ0n) is 18.3. The van der Waals surface area contributed by atoms with E-state index in [0.717, 1.165) is 28.4 Å². The molecule has 0 amide bonds. The van der Waals surface area contributed by atoms with Crippen LogP contribution in [-0.2, 0) is 41.9 Å². The number of hydrogen-bond acceptors (Lipinski definition) is 9. The summed E-state index contributed by atoms with van der Waals surface area (Å²) < 4.78 is 38.0. The summed E-state index contributed by atoms with van der Waals surface area (Å²) in [5.74, 6) is -3.79. The molecule has 0 aromatic heterocycles. The van der Waals surface area contributed by atoms with Gasteiger partial charge in [-0.15, -0.1) is 0 Å². The van der Waals surface area contributed by atoms with E-state index in [1.807, 2.05) is 19.6 Å². The summed E-state index contributed by atoms with van der Waals surface area (Å²) in [4.78, 5) is 41.3. The molecule has 11 nitrogen and oxygen atoms in total. The van der Waals surface area contributed by atoms with Gasteiger partial charge in [0.05, 0.1) is 26.2 Å². The van der Waals surface area contributed by atoms with Gasteiger partial charge in [-0.3, -0.25) is 14.4 Å². The quantitative estimate of drug-likeness (QED) is 0.0949. The van der Waals surface area contributed by atoms with Crippen LogP contribution in [0, 0.1) is 11.3 Å². The van der Waals surface area contributed by atoms with E-state index in [2.05, 4.69) is 4.79 Å². The predicted octanol–water partition coefficient (Wildman–Crippen LogP) is 2.02. The minimum Gasteiger partial charge on any atom is -0.468 e. The van der Waals surface area contributed by atoms with Crippen LogP contribution >= 0.6 is 7.60 Å². The maximum atomic E-state index is 13.3. The number of esters is 2. The Bertz CT molecular complexity index is 765. The molecule has 170 valence electrons. The van der Waals surface area contributed by atoms with Crippen molar-refractivity contribution in [1.82, 2.24) is 0 Å². The summed E-state index contributed by atoms with van der Waals surface area (Å²) in [6.07, 6.45) is -0.880. The number of rotatable bonds is 9. The molecule has 0 N–H and O–H groups in total. The monoisotopic (exact) mass is 464 g/mol. The van der Waals surface area contributed by atoms with Gasteiger partial charge in [0.2, 0.25) is 0 Å². The molecular weight excluding hydrogens is 435 g/mol. The van der Waals surface area contributed by atoms with Crippen molar-refractivity contribution in [3.63, 3.8) is 0 Å². The number of nitrogens with zero attached hydrogens (tertiary/aromatic N) is 2. The minimum atomic E-state index is -4.22. The first-order valence-electron chi connectivity index (χ1n) is 9.18. The normalized spacial score (nSPS) is 21.3. The molecule has 1 aliphatic rings. The van der Waals surface area contributed by atoms with Crippen LogP contribution in [0.2, 0.25) is 19.6 Å². The van der Waals surface area contributed by atoms with Crippen molar-refractivity contribution >= 4 is 39.1 Å². The third-order valence-electron chi connectivity index (χ3n) is 4.92. The van der Waals surface area contributed by atoms with E-state index in [9.17, 15) is 24.5 Å². The molecule has 0 aliphatic heterocycles. The molecule has 1 aliphatic carbocycles. The number of carbonyl (C=O) groups excluding carboxylic acids is 3. The van der Waals surface area contributed by atoms with Crippen molar-refractivity contribution in [1.29, 1.82) is 0 Å². The van der Waals surface area contributed by atoms with E-state index in [-0.39, 0.29) is 19.3 Å². The first-order valence-corrected chi connectivity index (χ1v) is 14.1. The van der Waals surface area contributed by atoms with Crippen molar-refractivity contribution in [3.8, 4) is 0 Å². The number of ketones is 1. The molecule has 0 heterocycles. The SMILES string of the molecule is COC(=O)C1(C(=O)OC)CC[C@@H](O[Si](C)(C)C)[C@@H](C(=O)C(=[N+]=[N-])P(=O)(OC)OC)C1. The molecule has 0 unspecified atom stereocenters. The first-order chi connectivity index (χ1) is 13.9. The number of ether oxygens (including phenoxy) is 2. The fourth-order valence-electron chi connectivity index (χ4n) is 3.55. The summed E-state index contributed by atoms with van der Waals surface area (Å²) in [6, 6.07) is 0. The van der Waals surface area contributed by atoms with Gasteiger partial charge in [0.25, 0.3) is 5.78 Å². The summed E-state index contributed by atoms with van der Waals surface area (Å²) in [5, 5.41) is 0. The molecule has 13 heteroatoms. The zero-order valence-corrected chi connectivity index (χ0v) is 20.2. The molecule has 0 saturated heterocycles. The Morgan fingerprint density at radius 3 is 1.90 bits per heavy atom. The highest BCUT2D eigenvalue weighted by molar-refractivity contribution is 7.74. The van der Waals surface area contributed by atoms with Crippen LogP contribution in [0.1, 0.15) is 19.3 Å². The Kier molecular flexibility index (Phi) is 8.86. The van der Waals surface area contributed by atoms with Crippen molar-refractivity contribution < 1.29 is 46.7 Å².